The van der Waals surface area contributed by atoms with Crippen molar-refractivity contribution in [3.8, 4) is 0 Å². The van der Waals surface area contributed by atoms with Crippen molar-refractivity contribution in [3.63, 3.8) is 0 Å². The number of fused-ring (bicyclic) bond motifs is 1. The second kappa shape index (κ2) is 6.42. The third-order valence-corrected chi connectivity index (χ3v) is 6.20. The maximum Gasteiger partial charge on any atom is 0.0676 e. The van der Waals surface area contributed by atoms with Crippen molar-refractivity contribution >= 4 is 11.6 Å². The minimum Gasteiger partial charge on any atom is -0.392 e. The third-order valence-electron chi connectivity index (χ3n) is 5.96. The Labute approximate surface area is 155 Å². The smallest absolute Gasteiger partial charge is 0.0676 e. The van der Waals surface area contributed by atoms with E-state index in [2.05, 4.69) is 55.6 Å². The number of rotatable bonds is 5. The summed E-state index contributed by atoms with van der Waals surface area (Å²) in [6.07, 6.45) is 2.59. The van der Waals surface area contributed by atoms with Crippen molar-refractivity contribution in [3.05, 3.63) is 69.7 Å². The lowest BCUT2D eigenvalue weighted by Gasteiger charge is -2.50. The van der Waals surface area contributed by atoms with Gasteiger partial charge >= 0.3 is 0 Å². The summed E-state index contributed by atoms with van der Waals surface area (Å²) in [4.78, 5) is 0. The summed E-state index contributed by atoms with van der Waals surface area (Å²) in [5.41, 5.74) is 5.44. The molecule has 0 aromatic heterocycles. The van der Waals surface area contributed by atoms with Crippen LogP contribution in [0.15, 0.2) is 42.5 Å². The molecule has 0 radical (unpaired) electrons. The molecule has 132 valence electrons. The zero-order valence-electron chi connectivity index (χ0n) is 14.9. The lowest BCUT2D eigenvalue weighted by molar-refractivity contribution is 0.125. The fraction of sp³-hybridized carbons (Fsp3) is 0.455. The van der Waals surface area contributed by atoms with Crippen molar-refractivity contribution in [2.24, 2.45) is 0 Å². The molecule has 0 fully saturated rings. The second-order valence-electron chi connectivity index (χ2n) is 7.91. The van der Waals surface area contributed by atoms with Crippen LogP contribution in [0.4, 0.5) is 0 Å². The Kier molecular flexibility index (Phi) is 4.39. The molecular weight excluding hydrogens is 330 g/mol. The van der Waals surface area contributed by atoms with Crippen LogP contribution in [0.5, 0.6) is 0 Å². The number of aliphatic hydroxyl groups is 1. The standard InChI is InChI=1S/C22H26ClNO/c1-14(2)24-13-16(25)12-22-10-9-17(18-5-3-4-6-20(18)22)19-8-7-15(23)11-21(19)22/h3-8,11,14,16-17,24-25H,9-10,12-13H2,1-2H3. The van der Waals surface area contributed by atoms with Crippen LogP contribution < -0.4 is 5.32 Å². The molecule has 25 heavy (non-hydrogen) atoms. The van der Waals surface area contributed by atoms with E-state index in [4.69, 9.17) is 11.6 Å². The average Bonchev–Trinajstić information content (AvgIpc) is 2.61. The molecule has 3 atom stereocenters. The highest BCUT2D eigenvalue weighted by Crippen LogP contribution is 2.58. The largest absolute Gasteiger partial charge is 0.392 e. The van der Waals surface area contributed by atoms with Crippen molar-refractivity contribution < 1.29 is 5.11 Å². The Hall–Kier alpha value is -1.35. The summed E-state index contributed by atoms with van der Waals surface area (Å²) in [5.74, 6) is 0.469. The zero-order valence-corrected chi connectivity index (χ0v) is 15.7. The summed E-state index contributed by atoms with van der Waals surface area (Å²) >= 11 is 6.37. The highest BCUT2D eigenvalue weighted by Gasteiger charge is 2.48. The van der Waals surface area contributed by atoms with Gasteiger partial charge in [0.25, 0.3) is 0 Å². The van der Waals surface area contributed by atoms with Gasteiger partial charge in [-0.05, 0) is 53.6 Å². The number of halogens is 1. The monoisotopic (exact) mass is 355 g/mol. The quantitative estimate of drug-likeness (QED) is 0.820. The first-order valence-electron chi connectivity index (χ1n) is 9.32. The summed E-state index contributed by atoms with van der Waals surface area (Å²) < 4.78 is 0. The van der Waals surface area contributed by atoms with Gasteiger partial charge in [-0.15, -0.1) is 0 Å². The molecule has 0 aliphatic heterocycles. The van der Waals surface area contributed by atoms with E-state index in [0.717, 1.165) is 24.3 Å². The number of aliphatic hydroxyl groups excluding tert-OH is 1. The Morgan fingerprint density at radius 2 is 1.92 bits per heavy atom. The van der Waals surface area contributed by atoms with E-state index in [1.165, 1.54) is 22.3 Å². The third kappa shape index (κ3) is 2.81. The number of nitrogens with one attached hydrogen (secondary N) is 1. The van der Waals surface area contributed by atoms with Gasteiger partial charge in [0.15, 0.2) is 0 Å². The zero-order chi connectivity index (χ0) is 17.6. The molecule has 0 spiro atoms. The normalized spacial score (nSPS) is 24.9. The van der Waals surface area contributed by atoms with E-state index in [0.29, 0.717) is 18.5 Å². The van der Waals surface area contributed by atoms with Crippen LogP contribution in [0, 0.1) is 0 Å². The lowest BCUT2D eigenvalue weighted by Crippen LogP contribution is -2.44. The number of benzene rings is 2. The lowest BCUT2D eigenvalue weighted by atomic mass is 9.53. The minimum atomic E-state index is -0.378. The van der Waals surface area contributed by atoms with Crippen LogP contribution in [-0.4, -0.2) is 23.8 Å². The van der Waals surface area contributed by atoms with Crippen LogP contribution >= 0.6 is 11.6 Å². The van der Waals surface area contributed by atoms with Gasteiger partial charge in [-0.2, -0.15) is 0 Å². The van der Waals surface area contributed by atoms with Crippen LogP contribution in [0.25, 0.3) is 0 Å². The van der Waals surface area contributed by atoms with Crippen molar-refractivity contribution in [2.75, 3.05) is 6.54 Å². The molecule has 0 saturated heterocycles. The first-order chi connectivity index (χ1) is 12.0. The maximum absolute atomic E-state index is 10.8. The molecular formula is C22H26ClNO. The molecule has 2 aromatic rings. The van der Waals surface area contributed by atoms with E-state index >= 15 is 0 Å². The summed E-state index contributed by atoms with van der Waals surface area (Å²) in [5, 5.41) is 15.0. The van der Waals surface area contributed by atoms with Gasteiger partial charge in [-0.3, -0.25) is 0 Å². The number of hydrogen-bond acceptors (Lipinski definition) is 2. The molecule has 2 aromatic carbocycles. The van der Waals surface area contributed by atoms with Gasteiger partial charge in [-0.25, -0.2) is 0 Å². The number of hydrogen-bond donors (Lipinski definition) is 2. The second-order valence-corrected chi connectivity index (χ2v) is 8.35. The molecule has 3 heteroatoms. The molecule has 3 unspecified atom stereocenters. The predicted molar refractivity (Wildman–Crippen MR) is 104 cm³/mol. The van der Waals surface area contributed by atoms with E-state index in [1.807, 2.05) is 6.07 Å². The minimum absolute atomic E-state index is 0.121. The Bertz CT molecular complexity index is 787. The molecule has 2 bridgehead atoms. The fourth-order valence-corrected chi connectivity index (χ4v) is 5.11. The van der Waals surface area contributed by atoms with E-state index < -0.39 is 0 Å². The van der Waals surface area contributed by atoms with Gasteiger partial charge in [0.1, 0.15) is 0 Å². The Morgan fingerprint density at radius 3 is 2.72 bits per heavy atom. The first-order valence-corrected chi connectivity index (χ1v) is 9.70. The van der Waals surface area contributed by atoms with E-state index in [1.54, 1.807) is 0 Å². The molecule has 0 heterocycles. The van der Waals surface area contributed by atoms with Gasteiger partial charge in [0.05, 0.1) is 6.10 Å². The molecule has 0 saturated carbocycles. The molecule has 5 rings (SSSR count). The van der Waals surface area contributed by atoms with Crippen molar-refractivity contribution in [1.29, 1.82) is 0 Å². The predicted octanol–water partition coefficient (Wildman–Crippen LogP) is 4.61. The Morgan fingerprint density at radius 1 is 1.16 bits per heavy atom. The molecule has 0 amide bonds. The first kappa shape index (κ1) is 17.1. The van der Waals surface area contributed by atoms with Crippen LogP contribution in [0.1, 0.15) is 61.3 Å². The molecule has 3 aliphatic carbocycles. The SMILES string of the molecule is CC(C)NCC(O)CC12CCC(c3ccccc31)c1ccc(Cl)cc12. The van der Waals surface area contributed by atoms with Crippen LogP contribution in [-0.2, 0) is 5.41 Å². The highest BCUT2D eigenvalue weighted by molar-refractivity contribution is 6.30. The van der Waals surface area contributed by atoms with Crippen molar-refractivity contribution in [1.82, 2.24) is 5.32 Å². The Balaban J connectivity index is 1.79. The van der Waals surface area contributed by atoms with Crippen LogP contribution in [0.2, 0.25) is 5.02 Å². The summed E-state index contributed by atoms with van der Waals surface area (Å²) in [6, 6.07) is 15.5. The van der Waals surface area contributed by atoms with Gasteiger partial charge in [0, 0.05) is 28.9 Å². The molecule has 2 nitrogen and oxygen atoms in total. The maximum atomic E-state index is 10.8. The van der Waals surface area contributed by atoms with Crippen molar-refractivity contribution in [2.45, 2.75) is 56.6 Å². The highest BCUT2D eigenvalue weighted by atomic mass is 35.5. The van der Waals surface area contributed by atoms with E-state index in [-0.39, 0.29) is 11.5 Å². The fourth-order valence-electron chi connectivity index (χ4n) is 4.94. The average molecular weight is 356 g/mol. The van der Waals surface area contributed by atoms with E-state index in [9.17, 15) is 5.11 Å². The van der Waals surface area contributed by atoms with Gasteiger partial charge < -0.3 is 10.4 Å². The molecule has 3 aliphatic rings. The molecule has 2 N–H and O–H groups in total. The van der Waals surface area contributed by atoms with Gasteiger partial charge in [-0.1, -0.05) is 55.8 Å². The summed E-state index contributed by atoms with van der Waals surface area (Å²) in [7, 11) is 0. The van der Waals surface area contributed by atoms with Crippen LogP contribution in [0.3, 0.4) is 0 Å². The summed E-state index contributed by atoms with van der Waals surface area (Å²) in [6.45, 7) is 4.85. The topological polar surface area (TPSA) is 32.3 Å². The van der Waals surface area contributed by atoms with Gasteiger partial charge in [0.2, 0.25) is 0 Å².